The number of nitrogens with zero attached hydrogens (tertiary/aromatic N) is 2. The van der Waals surface area contributed by atoms with Gasteiger partial charge in [0.2, 0.25) is 0 Å². The molecule has 0 saturated carbocycles. The Morgan fingerprint density at radius 1 is 1.11 bits per heavy atom. The maximum absolute atomic E-state index is 12.7. The second kappa shape index (κ2) is 11.7. The number of halogens is 3. The molecule has 2 rings (SSSR count). The average molecular weight is 417 g/mol. The highest BCUT2D eigenvalue weighted by molar-refractivity contribution is 8.03. The smallest absolute Gasteiger partial charge is 0.336 e. The summed E-state index contributed by atoms with van der Waals surface area (Å²) in [6.45, 7) is 3.08. The minimum absolute atomic E-state index is 0.401. The van der Waals surface area contributed by atoms with E-state index in [1.165, 1.54) is 43.6 Å². The molecule has 0 aliphatic heterocycles. The van der Waals surface area contributed by atoms with Gasteiger partial charge in [-0.1, -0.05) is 38.3 Å². The highest BCUT2D eigenvalue weighted by Gasteiger charge is 2.29. The van der Waals surface area contributed by atoms with Gasteiger partial charge in [-0.2, -0.15) is 36.7 Å². The summed E-state index contributed by atoms with van der Waals surface area (Å²) >= 11 is 3.78. The molecule has 0 N–H and O–H groups in total. The highest BCUT2D eigenvalue weighted by Crippen LogP contribution is 2.30. The van der Waals surface area contributed by atoms with Crippen molar-refractivity contribution in [2.75, 3.05) is 11.5 Å². The van der Waals surface area contributed by atoms with E-state index in [2.05, 4.69) is 16.5 Å². The van der Waals surface area contributed by atoms with Crippen molar-refractivity contribution in [2.45, 2.75) is 56.3 Å². The van der Waals surface area contributed by atoms with Crippen molar-refractivity contribution in [3.8, 4) is 0 Å². The molecule has 1 aromatic carbocycles. The number of thioether (sulfide) groups is 2. The standard InChI is InChI=1S/C20H27F3N2S2/c1-2-3-4-5-12-26-15-19(13-25-11-10-24-16-25)27-14-17-6-8-18(9-7-17)20(21,22)23/h6-11,16,19H,2-5,12-15H2,1H3. The van der Waals surface area contributed by atoms with Crippen molar-refractivity contribution >= 4 is 23.5 Å². The minimum atomic E-state index is -4.27. The first-order valence-corrected chi connectivity index (χ1v) is 11.5. The van der Waals surface area contributed by atoms with Crippen molar-refractivity contribution in [1.82, 2.24) is 9.55 Å². The number of unbranched alkanes of at least 4 members (excludes halogenated alkanes) is 3. The Balaban J connectivity index is 1.83. The molecule has 150 valence electrons. The number of aromatic nitrogens is 2. The van der Waals surface area contributed by atoms with Gasteiger partial charge in [0.25, 0.3) is 0 Å². The van der Waals surface area contributed by atoms with Gasteiger partial charge in [0.05, 0.1) is 11.9 Å². The van der Waals surface area contributed by atoms with Gasteiger partial charge in [-0.15, -0.1) is 0 Å². The summed E-state index contributed by atoms with van der Waals surface area (Å²) in [7, 11) is 0. The topological polar surface area (TPSA) is 17.8 Å². The third kappa shape index (κ3) is 8.64. The lowest BCUT2D eigenvalue weighted by molar-refractivity contribution is -0.137. The Morgan fingerprint density at radius 3 is 2.52 bits per heavy atom. The third-order valence-electron chi connectivity index (χ3n) is 4.19. The molecule has 0 radical (unpaired) electrons. The Morgan fingerprint density at radius 2 is 1.89 bits per heavy atom. The van der Waals surface area contributed by atoms with Crippen LogP contribution in [-0.2, 0) is 18.5 Å². The molecule has 0 spiro atoms. The van der Waals surface area contributed by atoms with Crippen LogP contribution in [0.1, 0.15) is 43.7 Å². The van der Waals surface area contributed by atoms with Crippen LogP contribution in [0.2, 0.25) is 0 Å². The lowest BCUT2D eigenvalue weighted by Gasteiger charge is -2.17. The number of hydrogen-bond acceptors (Lipinski definition) is 3. The fourth-order valence-corrected chi connectivity index (χ4v) is 5.15. The summed E-state index contributed by atoms with van der Waals surface area (Å²) in [5.74, 6) is 2.92. The predicted molar refractivity (Wildman–Crippen MR) is 110 cm³/mol. The predicted octanol–water partition coefficient (Wildman–Crippen LogP) is 6.52. The largest absolute Gasteiger partial charge is 0.416 e. The van der Waals surface area contributed by atoms with Gasteiger partial charge >= 0.3 is 6.18 Å². The number of hydrogen-bond donors (Lipinski definition) is 0. The molecule has 0 aliphatic rings. The summed E-state index contributed by atoms with van der Waals surface area (Å²) in [5.41, 5.74) is 0.338. The third-order valence-corrected chi connectivity index (χ3v) is 6.90. The van der Waals surface area contributed by atoms with Gasteiger partial charge in [0.1, 0.15) is 0 Å². The summed E-state index contributed by atoms with van der Waals surface area (Å²) in [6.07, 6.45) is 6.35. The molecular formula is C20H27F3N2S2. The Labute approximate surface area is 168 Å². The zero-order valence-corrected chi connectivity index (χ0v) is 17.3. The molecule has 2 nitrogen and oxygen atoms in total. The average Bonchev–Trinajstić information content (AvgIpc) is 3.15. The molecular weight excluding hydrogens is 389 g/mol. The lowest BCUT2D eigenvalue weighted by Crippen LogP contribution is -2.15. The molecule has 0 saturated heterocycles. The van der Waals surface area contributed by atoms with Crippen molar-refractivity contribution in [3.63, 3.8) is 0 Å². The normalized spacial score (nSPS) is 13.0. The molecule has 0 fully saturated rings. The first-order chi connectivity index (χ1) is 13.0. The van der Waals surface area contributed by atoms with Crippen LogP contribution in [0.3, 0.4) is 0 Å². The van der Waals surface area contributed by atoms with E-state index in [4.69, 9.17) is 0 Å². The SMILES string of the molecule is CCCCCCSCC(Cn1ccnc1)SCc1ccc(C(F)(F)F)cc1. The fraction of sp³-hybridized carbons (Fsp3) is 0.550. The molecule has 27 heavy (non-hydrogen) atoms. The van der Waals surface area contributed by atoms with E-state index in [1.54, 1.807) is 30.1 Å². The highest BCUT2D eigenvalue weighted by atomic mass is 32.2. The summed E-state index contributed by atoms with van der Waals surface area (Å²) in [6, 6.07) is 5.51. The van der Waals surface area contributed by atoms with Crippen molar-refractivity contribution in [2.24, 2.45) is 0 Å². The van der Waals surface area contributed by atoms with Gasteiger partial charge in [0, 0.05) is 35.7 Å². The van der Waals surface area contributed by atoms with Crippen LogP contribution in [0.5, 0.6) is 0 Å². The van der Waals surface area contributed by atoms with Gasteiger partial charge in [-0.05, 0) is 29.9 Å². The quantitative estimate of drug-likeness (QED) is 0.367. The second-order valence-electron chi connectivity index (χ2n) is 6.52. The Bertz CT molecular complexity index is 628. The van der Waals surface area contributed by atoms with Crippen molar-refractivity contribution in [3.05, 3.63) is 54.1 Å². The van der Waals surface area contributed by atoms with E-state index in [-0.39, 0.29) is 0 Å². The zero-order valence-electron chi connectivity index (χ0n) is 15.6. The number of alkyl halides is 3. The molecule has 1 aromatic heterocycles. The second-order valence-corrected chi connectivity index (χ2v) is 8.96. The molecule has 0 amide bonds. The lowest BCUT2D eigenvalue weighted by atomic mass is 10.1. The first kappa shape index (κ1) is 22.2. The van der Waals surface area contributed by atoms with Gasteiger partial charge < -0.3 is 4.57 Å². The monoisotopic (exact) mass is 416 g/mol. The molecule has 0 bridgehead atoms. The molecule has 7 heteroatoms. The van der Waals surface area contributed by atoms with Crippen LogP contribution >= 0.6 is 23.5 Å². The van der Waals surface area contributed by atoms with E-state index in [1.807, 2.05) is 24.3 Å². The van der Waals surface area contributed by atoms with E-state index in [0.717, 1.165) is 17.9 Å². The Hall–Kier alpha value is -1.08. The van der Waals surface area contributed by atoms with Gasteiger partial charge in [-0.3, -0.25) is 0 Å². The maximum Gasteiger partial charge on any atom is 0.416 e. The molecule has 1 heterocycles. The van der Waals surface area contributed by atoms with Crippen LogP contribution in [-0.4, -0.2) is 26.3 Å². The fourth-order valence-electron chi connectivity index (χ4n) is 2.63. The minimum Gasteiger partial charge on any atom is -0.336 e. The molecule has 0 aliphatic carbocycles. The zero-order chi connectivity index (χ0) is 19.5. The van der Waals surface area contributed by atoms with Crippen LogP contribution < -0.4 is 0 Å². The summed E-state index contributed by atoms with van der Waals surface area (Å²) < 4.78 is 40.1. The Kier molecular flexibility index (Phi) is 9.62. The number of rotatable bonds is 12. The summed E-state index contributed by atoms with van der Waals surface area (Å²) in [4.78, 5) is 4.10. The number of imidazole rings is 1. The maximum atomic E-state index is 12.7. The first-order valence-electron chi connectivity index (χ1n) is 9.30. The van der Waals surface area contributed by atoms with Gasteiger partial charge in [0.15, 0.2) is 0 Å². The number of benzene rings is 1. The molecule has 1 atom stereocenters. The van der Waals surface area contributed by atoms with E-state index < -0.39 is 11.7 Å². The van der Waals surface area contributed by atoms with Crippen LogP contribution in [0.15, 0.2) is 43.0 Å². The van der Waals surface area contributed by atoms with Crippen molar-refractivity contribution < 1.29 is 13.2 Å². The van der Waals surface area contributed by atoms with E-state index in [9.17, 15) is 13.2 Å². The van der Waals surface area contributed by atoms with Crippen molar-refractivity contribution in [1.29, 1.82) is 0 Å². The van der Waals surface area contributed by atoms with Crippen LogP contribution in [0.4, 0.5) is 13.2 Å². The van der Waals surface area contributed by atoms with E-state index >= 15 is 0 Å². The van der Waals surface area contributed by atoms with Crippen LogP contribution in [0, 0.1) is 0 Å². The van der Waals surface area contributed by atoms with E-state index in [0.29, 0.717) is 11.0 Å². The molecule has 2 aromatic rings. The van der Waals surface area contributed by atoms with Gasteiger partial charge in [-0.25, -0.2) is 4.98 Å². The van der Waals surface area contributed by atoms with Crippen LogP contribution in [0.25, 0.3) is 0 Å². The molecule has 1 unspecified atom stereocenters. The summed E-state index contributed by atoms with van der Waals surface area (Å²) in [5, 5.41) is 0.401.